The van der Waals surface area contributed by atoms with Gasteiger partial charge in [0.05, 0.1) is 0 Å². The molecule has 0 aliphatic rings. The number of rotatable bonds is 0. The predicted octanol–water partition coefficient (Wildman–Crippen LogP) is -5.82. The summed E-state index contributed by atoms with van der Waals surface area (Å²) in [7, 11) is 0. The van der Waals surface area contributed by atoms with Gasteiger partial charge in [0.15, 0.2) is 0 Å². The molecule has 7 heteroatoms. The van der Waals surface area contributed by atoms with Crippen molar-refractivity contribution in [1.29, 1.82) is 0 Å². The Labute approximate surface area is 141 Å². The van der Waals surface area contributed by atoms with Gasteiger partial charge in [-0.2, -0.15) is 0 Å². The first-order valence-corrected chi connectivity index (χ1v) is 0.612. The van der Waals surface area contributed by atoms with Gasteiger partial charge in [-0.1, -0.05) is 0 Å². The van der Waals surface area contributed by atoms with Crippen LogP contribution in [0.4, 0.5) is 4.79 Å². The molecule has 0 amide bonds. The van der Waals surface area contributed by atoms with Crippen molar-refractivity contribution in [2.75, 3.05) is 0 Å². The minimum absolute atomic E-state index is 0. The van der Waals surface area contributed by atoms with Gasteiger partial charge in [0.1, 0.15) is 0 Å². The molecule has 0 rings (SSSR count). The van der Waals surface area contributed by atoms with Crippen molar-refractivity contribution < 1.29 is 101 Å². The quantitative estimate of drug-likeness (QED) is 0.318. The van der Waals surface area contributed by atoms with Crippen LogP contribution in [0.1, 0.15) is 0 Å². The average molecular weight is 491 g/mol. The zero-order valence-electron chi connectivity index (χ0n) is 3.81. The van der Waals surface area contributed by atoms with Crippen LogP contribution >= 0.6 is 0 Å². The van der Waals surface area contributed by atoms with E-state index in [4.69, 9.17) is 15.0 Å². The normalized spacial score (nSPS) is 3.00. The number of carbonyl (C=O) groups is 1. The zero-order chi connectivity index (χ0) is 3.58. The van der Waals surface area contributed by atoms with Crippen LogP contribution in [0.5, 0.6) is 0 Å². The maximum atomic E-state index is 8.33. The molecule has 0 aliphatic carbocycles. The molecule has 0 saturated carbocycles. The molecule has 0 aromatic carbocycles. The van der Waals surface area contributed by atoms with E-state index in [0.29, 0.717) is 0 Å². The first-order chi connectivity index (χ1) is 1.73. The van der Waals surface area contributed by atoms with Gasteiger partial charge in [-0.25, -0.2) is 0 Å². The summed E-state index contributed by atoms with van der Waals surface area (Å²) < 4.78 is 0. The van der Waals surface area contributed by atoms with Gasteiger partial charge in [0.2, 0.25) is 0 Å². The van der Waals surface area contributed by atoms with Gasteiger partial charge in [-0.3, -0.25) is 0 Å². The number of hydrogen-bond donors (Lipinski definition) is 0. The Morgan fingerprint density at radius 1 is 1.25 bits per heavy atom. The van der Waals surface area contributed by atoms with Gasteiger partial charge in [0, 0.05) is 0 Å². The Kier molecular flexibility index (Phi) is 85.3. The molecule has 0 spiro atoms. The van der Waals surface area contributed by atoms with Crippen LogP contribution in [-0.2, 0) is 0 Å². The second-order valence-corrected chi connectivity index (χ2v) is 0.250. The molecule has 0 atom stereocenters. The topological polar surface area (TPSA) is 63.2 Å². The Morgan fingerprint density at radius 2 is 1.25 bits per heavy atom. The van der Waals surface area contributed by atoms with Crippen molar-refractivity contribution in [1.82, 2.24) is 0 Å². The second kappa shape index (κ2) is 22.5. The Bertz CT molecular complexity index is 42.3. The molecule has 33 valence electrons. The molecular formula is CCaCeFO3Th+6. The number of halogens is 1. The van der Waals surface area contributed by atoms with E-state index in [0.717, 1.165) is 0 Å². The molecule has 0 heterocycles. The van der Waals surface area contributed by atoms with Crippen molar-refractivity contribution >= 4 is 43.9 Å². The molecule has 0 bridgehead atoms. The average Bonchev–Trinajstić information content (AvgIpc) is 0.811. The molecule has 0 fully saturated rings. The van der Waals surface area contributed by atoms with E-state index in [1.807, 2.05) is 0 Å². The van der Waals surface area contributed by atoms with Crippen molar-refractivity contribution in [2.24, 2.45) is 0 Å². The summed E-state index contributed by atoms with van der Waals surface area (Å²) in [6.07, 6.45) is -2.33. The maximum absolute atomic E-state index is 8.33. The van der Waals surface area contributed by atoms with Gasteiger partial charge in [-0.15, -0.1) is 0 Å². The van der Waals surface area contributed by atoms with Gasteiger partial charge >= 0.3 is 119 Å². The smallest absolute Gasteiger partial charge is 1.00 e. The molecule has 0 N–H and O–H groups in total. The van der Waals surface area contributed by atoms with Crippen LogP contribution in [-0.4, -0.2) is 43.9 Å². The largest absolute Gasteiger partial charge is 4.00 e. The molecule has 0 aliphatic heterocycles. The minimum atomic E-state index is -2.33. The van der Waals surface area contributed by atoms with E-state index in [-0.39, 0.29) is 124 Å². The minimum Gasteiger partial charge on any atom is -1.00 e. The molecule has 0 aromatic rings. The van der Waals surface area contributed by atoms with Crippen molar-refractivity contribution in [3.8, 4) is 0 Å². The van der Waals surface area contributed by atoms with Crippen molar-refractivity contribution in [3.63, 3.8) is 0 Å². The monoisotopic (exact) mass is 491 g/mol. The molecule has 0 unspecified atom stereocenters. The van der Waals surface area contributed by atoms with Gasteiger partial charge < -0.3 is 19.7 Å². The third kappa shape index (κ3) is 61.1. The first-order valence-electron chi connectivity index (χ1n) is 0.612. The third-order valence-electron chi connectivity index (χ3n) is 0. The molecule has 0 saturated heterocycles. The van der Waals surface area contributed by atoms with E-state index in [1.165, 1.54) is 0 Å². The molecule has 0 aromatic heterocycles. The van der Waals surface area contributed by atoms with Crippen molar-refractivity contribution in [3.05, 3.63) is 0 Å². The number of hydrogen-bond acceptors (Lipinski definition) is 3. The first kappa shape index (κ1) is 30.4. The van der Waals surface area contributed by atoms with Crippen LogP contribution in [0.2, 0.25) is 0 Å². The summed E-state index contributed by atoms with van der Waals surface area (Å²) in [5, 5.41) is 16.7. The van der Waals surface area contributed by atoms with E-state index >= 15 is 0 Å². The SMILES string of the molecule is O=C([O-])[O-].[Ca+2].[Ce+3].[F-].[Th+4]. The predicted molar refractivity (Wildman–Crippen MR) is 11.1 cm³/mol. The number of carbonyl (C=O) groups excluding carboxylic acids is 1. The Hall–Kier alpha value is 3.16. The summed E-state index contributed by atoms with van der Waals surface area (Å²) in [4.78, 5) is 8.33. The van der Waals surface area contributed by atoms with E-state index < -0.39 is 6.16 Å². The Morgan fingerprint density at radius 3 is 1.25 bits per heavy atom. The van der Waals surface area contributed by atoms with Gasteiger partial charge in [0.25, 0.3) is 0 Å². The molecule has 3 nitrogen and oxygen atoms in total. The van der Waals surface area contributed by atoms with E-state index in [2.05, 4.69) is 0 Å². The molecule has 8 heavy (non-hydrogen) atoms. The summed E-state index contributed by atoms with van der Waals surface area (Å²) in [6.45, 7) is 0. The summed E-state index contributed by atoms with van der Waals surface area (Å²) in [5.41, 5.74) is 0. The zero-order valence-corrected chi connectivity index (χ0v) is 13.3. The summed E-state index contributed by atoms with van der Waals surface area (Å²) in [5.74, 6) is 0. The summed E-state index contributed by atoms with van der Waals surface area (Å²) >= 11 is 0. The number of carboxylic acid groups (broad SMARTS) is 2. The van der Waals surface area contributed by atoms with Crippen LogP contribution in [0, 0.1) is 81.7 Å². The fourth-order valence-corrected chi connectivity index (χ4v) is 0. The molecular weight excluding hydrogens is 491 g/mol. The van der Waals surface area contributed by atoms with Gasteiger partial charge in [-0.05, 0) is 6.16 Å². The van der Waals surface area contributed by atoms with Crippen LogP contribution in [0.15, 0.2) is 0 Å². The fourth-order valence-electron chi connectivity index (χ4n) is 0. The molecule has 1 radical (unpaired) electrons. The maximum Gasteiger partial charge on any atom is 4.00 e. The fraction of sp³-hybridized carbons (Fsp3) is 0. The van der Waals surface area contributed by atoms with E-state index in [1.54, 1.807) is 0 Å². The van der Waals surface area contributed by atoms with Crippen molar-refractivity contribution in [2.45, 2.75) is 0 Å². The van der Waals surface area contributed by atoms with Crippen LogP contribution < -0.4 is 14.9 Å². The standard InChI is InChI=1S/CH2O3.Ca.Ce.FH.Th/c2-1(3)4;;;;/h(H2,2,3,4);;;1H;/q;+2;+3;;+4/p-3. The Balaban J connectivity index is -0.00000000750. The third-order valence-corrected chi connectivity index (χ3v) is 0. The second-order valence-electron chi connectivity index (χ2n) is 0.250. The van der Waals surface area contributed by atoms with Crippen LogP contribution in [0.25, 0.3) is 0 Å². The summed E-state index contributed by atoms with van der Waals surface area (Å²) in [6, 6.07) is 0. The van der Waals surface area contributed by atoms with Crippen LogP contribution in [0.3, 0.4) is 0 Å². The van der Waals surface area contributed by atoms with E-state index in [9.17, 15) is 0 Å².